The van der Waals surface area contributed by atoms with Crippen molar-refractivity contribution in [3.63, 3.8) is 0 Å². The molecule has 0 spiro atoms. The number of carbonyl (C=O) groups excluding carboxylic acids is 1. The smallest absolute Gasteiger partial charge is 0.416 e. The zero-order valence-electron chi connectivity index (χ0n) is 19.2. The van der Waals surface area contributed by atoms with E-state index in [0.29, 0.717) is 29.4 Å². The number of rotatable bonds is 6. The number of alkyl halides is 3. The molecule has 3 heterocycles. The SMILES string of the molecule is Cc1ccnn1Cc1cn(C[C@@H]2OC(=O)N(c3ccc(Cl)cc3)[C@H]2c2cc(C(F)(F)F)ccc2F)nn1. The number of ether oxygens (including phenoxy) is 1. The Kier molecular flexibility index (Phi) is 6.36. The van der Waals surface area contributed by atoms with Crippen LogP contribution in [0.4, 0.5) is 28.0 Å². The maximum atomic E-state index is 15.0. The van der Waals surface area contributed by atoms with E-state index >= 15 is 4.39 Å². The monoisotopic (exact) mass is 534 g/mol. The number of carbonyl (C=O) groups is 1. The summed E-state index contributed by atoms with van der Waals surface area (Å²) in [5.41, 5.74) is 0.376. The topological polar surface area (TPSA) is 78.1 Å². The number of amides is 1. The van der Waals surface area contributed by atoms with Crippen molar-refractivity contribution in [3.8, 4) is 0 Å². The van der Waals surface area contributed by atoms with Crippen LogP contribution in [0.2, 0.25) is 5.02 Å². The van der Waals surface area contributed by atoms with E-state index in [1.807, 2.05) is 13.0 Å². The highest BCUT2D eigenvalue weighted by Gasteiger charge is 2.46. The average Bonchev–Trinajstić information content (AvgIpc) is 3.54. The van der Waals surface area contributed by atoms with Crippen molar-refractivity contribution in [2.24, 2.45) is 0 Å². The molecule has 1 fully saturated rings. The number of hydrogen-bond acceptors (Lipinski definition) is 5. The number of aryl methyl sites for hydroxylation is 1. The van der Waals surface area contributed by atoms with Gasteiger partial charge in [-0.2, -0.15) is 18.3 Å². The van der Waals surface area contributed by atoms with Crippen molar-refractivity contribution < 1.29 is 27.1 Å². The molecule has 2 aromatic heterocycles. The molecule has 4 aromatic rings. The Balaban J connectivity index is 1.51. The van der Waals surface area contributed by atoms with Crippen LogP contribution in [0.3, 0.4) is 0 Å². The molecule has 1 amide bonds. The quantitative estimate of drug-likeness (QED) is 0.309. The summed E-state index contributed by atoms with van der Waals surface area (Å²) in [5, 5.41) is 12.7. The largest absolute Gasteiger partial charge is 0.441 e. The number of benzene rings is 2. The number of hydrogen-bond donors (Lipinski definition) is 0. The van der Waals surface area contributed by atoms with Gasteiger partial charge in [0.05, 0.1) is 24.8 Å². The van der Waals surface area contributed by atoms with Gasteiger partial charge in [0, 0.05) is 28.2 Å². The third-order valence-corrected chi connectivity index (χ3v) is 6.27. The first-order chi connectivity index (χ1) is 17.6. The minimum Gasteiger partial charge on any atom is -0.441 e. The Hall–Kier alpha value is -3.93. The summed E-state index contributed by atoms with van der Waals surface area (Å²) in [6.07, 6.45) is -3.38. The Labute approximate surface area is 213 Å². The van der Waals surface area contributed by atoms with Gasteiger partial charge in [-0.1, -0.05) is 16.8 Å². The van der Waals surface area contributed by atoms with Crippen LogP contribution in [0.25, 0.3) is 0 Å². The Morgan fingerprint density at radius 1 is 1.11 bits per heavy atom. The molecule has 2 atom stereocenters. The summed E-state index contributed by atoms with van der Waals surface area (Å²) in [5.74, 6) is -0.909. The molecular formula is C24H19ClF4N6O2. The van der Waals surface area contributed by atoms with Crippen LogP contribution in [-0.2, 0) is 24.0 Å². The molecule has 8 nitrogen and oxygen atoms in total. The summed E-state index contributed by atoms with van der Waals surface area (Å²) < 4.78 is 64.1. The van der Waals surface area contributed by atoms with Crippen LogP contribution >= 0.6 is 11.6 Å². The summed E-state index contributed by atoms with van der Waals surface area (Å²) in [6, 6.07) is 8.73. The third-order valence-electron chi connectivity index (χ3n) is 6.02. The predicted octanol–water partition coefficient (Wildman–Crippen LogP) is 5.41. The van der Waals surface area contributed by atoms with Crippen LogP contribution < -0.4 is 4.90 Å². The molecule has 1 aliphatic heterocycles. The fourth-order valence-electron chi connectivity index (χ4n) is 4.22. The molecule has 1 aliphatic rings. The molecule has 0 saturated carbocycles. The summed E-state index contributed by atoms with van der Waals surface area (Å²) in [6.45, 7) is 2.14. The van der Waals surface area contributed by atoms with Crippen molar-refractivity contribution in [1.29, 1.82) is 0 Å². The van der Waals surface area contributed by atoms with E-state index in [1.54, 1.807) is 17.1 Å². The van der Waals surface area contributed by atoms with Crippen molar-refractivity contribution in [1.82, 2.24) is 24.8 Å². The van der Waals surface area contributed by atoms with E-state index in [2.05, 4.69) is 15.4 Å². The fraction of sp³-hybridized carbons (Fsp3) is 0.250. The molecule has 0 radical (unpaired) electrons. The summed E-state index contributed by atoms with van der Waals surface area (Å²) in [7, 11) is 0. The van der Waals surface area contributed by atoms with Gasteiger partial charge >= 0.3 is 12.3 Å². The van der Waals surface area contributed by atoms with Gasteiger partial charge in [0.25, 0.3) is 0 Å². The lowest BCUT2D eigenvalue weighted by Crippen LogP contribution is -2.32. The van der Waals surface area contributed by atoms with Gasteiger partial charge in [0.2, 0.25) is 0 Å². The van der Waals surface area contributed by atoms with Gasteiger partial charge < -0.3 is 4.74 Å². The maximum absolute atomic E-state index is 15.0. The number of halogens is 5. The summed E-state index contributed by atoms with van der Waals surface area (Å²) >= 11 is 5.96. The van der Waals surface area contributed by atoms with E-state index in [0.717, 1.165) is 16.7 Å². The van der Waals surface area contributed by atoms with Crippen molar-refractivity contribution in [2.75, 3.05) is 4.90 Å². The number of anilines is 1. The first kappa shape index (κ1) is 24.8. The lowest BCUT2D eigenvalue weighted by atomic mass is 9.97. The van der Waals surface area contributed by atoms with Crippen LogP contribution in [0, 0.1) is 12.7 Å². The minimum atomic E-state index is -4.71. The van der Waals surface area contributed by atoms with E-state index in [-0.39, 0.29) is 17.8 Å². The molecule has 0 N–H and O–H groups in total. The fourth-order valence-corrected chi connectivity index (χ4v) is 4.35. The second kappa shape index (κ2) is 9.51. The van der Waals surface area contributed by atoms with Crippen LogP contribution in [0.15, 0.2) is 60.9 Å². The zero-order valence-corrected chi connectivity index (χ0v) is 20.0. The lowest BCUT2D eigenvalue weighted by molar-refractivity contribution is -0.137. The van der Waals surface area contributed by atoms with Gasteiger partial charge in [0.15, 0.2) is 0 Å². The molecular weight excluding hydrogens is 516 g/mol. The van der Waals surface area contributed by atoms with Gasteiger partial charge in [-0.05, 0) is 55.5 Å². The number of cyclic esters (lactones) is 1. The Bertz CT molecular complexity index is 1440. The number of nitrogens with zero attached hydrogens (tertiary/aromatic N) is 6. The first-order valence-electron chi connectivity index (χ1n) is 11.1. The third kappa shape index (κ3) is 5.01. The van der Waals surface area contributed by atoms with Crippen LogP contribution in [0.5, 0.6) is 0 Å². The van der Waals surface area contributed by atoms with E-state index < -0.39 is 35.8 Å². The maximum Gasteiger partial charge on any atom is 0.416 e. The predicted molar refractivity (Wildman–Crippen MR) is 124 cm³/mol. The Morgan fingerprint density at radius 3 is 2.54 bits per heavy atom. The highest BCUT2D eigenvalue weighted by atomic mass is 35.5. The van der Waals surface area contributed by atoms with Gasteiger partial charge in [-0.3, -0.25) is 9.58 Å². The van der Waals surface area contributed by atoms with Gasteiger partial charge in [0.1, 0.15) is 23.7 Å². The zero-order chi connectivity index (χ0) is 26.3. The molecule has 1 saturated heterocycles. The highest BCUT2D eigenvalue weighted by Crippen LogP contribution is 2.41. The number of aromatic nitrogens is 5. The normalized spacial score (nSPS) is 17.9. The molecule has 192 valence electrons. The molecule has 0 unspecified atom stereocenters. The van der Waals surface area contributed by atoms with Crippen LogP contribution in [-0.4, -0.2) is 37.0 Å². The van der Waals surface area contributed by atoms with Gasteiger partial charge in [-0.25, -0.2) is 13.9 Å². The molecule has 0 bridgehead atoms. The van der Waals surface area contributed by atoms with Gasteiger partial charge in [-0.15, -0.1) is 5.10 Å². The second-order valence-electron chi connectivity index (χ2n) is 8.51. The van der Waals surface area contributed by atoms with Crippen molar-refractivity contribution >= 4 is 23.4 Å². The van der Waals surface area contributed by atoms with E-state index in [9.17, 15) is 18.0 Å². The average molecular weight is 535 g/mol. The standard InChI is InChI=1S/C24H19ClF4N6O2/c1-14-8-9-30-34(14)12-17-11-33(32-31-17)13-21-22(19-10-15(24(27,28)29)2-7-20(19)26)35(23(36)37-21)18-5-3-16(25)4-6-18/h2-11,21-22H,12-13H2,1H3/t21-,22-/m0/s1. The van der Waals surface area contributed by atoms with Crippen molar-refractivity contribution in [2.45, 2.75) is 38.3 Å². The highest BCUT2D eigenvalue weighted by molar-refractivity contribution is 6.30. The van der Waals surface area contributed by atoms with Crippen LogP contribution in [0.1, 0.15) is 28.6 Å². The van der Waals surface area contributed by atoms with E-state index in [4.69, 9.17) is 16.3 Å². The first-order valence-corrected chi connectivity index (χ1v) is 11.5. The summed E-state index contributed by atoms with van der Waals surface area (Å²) in [4.78, 5) is 14.1. The van der Waals surface area contributed by atoms with Crippen molar-refractivity contribution in [3.05, 3.63) is 94.3 Å². The molecule has 0 aliphatic carbocycles. The lowest BCUT2D eigenvalue weighted by Gasteiger charge is -2.26. The second-order valence-corrected chi connectivity index (χ2v) is 8.95. The Morgan fingerprint density at radius 2 is 1.86 bits per heavy atom. The molecule has 13 heteroatoms. The molecule has 2 aromatic carbocycles. The minimum absolute atomic E-state index is 0.0821. The molecule has 37 heavy (non-hydrogen) atoms. The van der Waals surface area contributed by atoms with E-state index in [1.165, 1.54) is 28.9 Å². The molecule has 5 rings (SSSR count).